The van der Waals surface area contributed by atoms with Crippen molar-refractivity contribution in [3.8, 4) is 0 Å². The van der Waals surface area contributed by atoms with Gasteiger partial charge in [0.05, 0.1) is 18.4 Å². The van der Waals surface area contributed by atoms with Gasteiger partial charge in [-0.3, -0.25) is 14.6 Å². The van der Waals surface area contributed by atoms with Gasteiger partial charge in [-0.15, -0.1) is 0 Å². The summed E-state index contributed by atoms with van der Waals surface area (Å²) in [7, 11) is 1.34. The maximum Gasteiger partial charge on any atom is 0.395 e. The molecule has 0 unspecified atom stereocenters. The topological polar surface area (TPSA) is 85.0 Å². The largest absolute Gasteiger partial charge is 0.468 e. The molecule has 1 atom stereocenters. The molecule has 2 fully saturated rings. The first-order chi connectivity index (χ1) is 16.6. The van der Waals surface area contributed by atoms with Crippen LogP contribution in [0.4, 0.5) is 13.2 Å². The second kappa shape index (κ2) is 10.7. The second-order valence-electron chi connectivity index (χ2n) is 9.26. The van der Waals surface area contributed by atoms with E-state index in [0.29, 0.717) is 36.8 Å². The van der Waals surface area contributed by atoms with Crippen LogP contribution in [0.2, 0.25) is 0 Å². The Bertz CT molecular complexity index is 989. The first kappa shape index (κ1) is 26.5. The minimum absolute atomic E-state index is 0.0960. The van der Waals surface area contributed by atoms with Gasteiger partial charge in [-0.1, -0.05) is 12.1 Å². The highest BCUT2D eigenvalue weighted by Gasteiger charge is 2.48. The Kier molecular flexibility index (Phi) is 8.07. The van der Waals surface area contributed by atoms with Gasteiger partial charge in [-0.25, -0.2) is 0 Å². The minimum atomic E-state index is -4.34. The number of aliphatic imine (C=N–C) groups is 1. The molecule has 0 aromatic heterocycles. The average molecular weight is 492 g/mol. The number of benzene rings is 1. The molecule has 2 aliphatic carbocycles. The van der Waals surface area contributed by atoms with Gasteiger partial charge in [0.25, 0.3) is 5.91 Å². The lowest BCUT2D eigenvalue weighted by Gasteiger charge is -2.42. The molecule has 2 aliphatic rings. The number of rotatable bonds is 8. The molecule has 0 spiro atoms. The van der Waals surface area contributed by atoms with Crippen LogP contribution in [0, 0.1) is 5.41 Å². The highest BCUT2D eigenvalue weighted by Crippen LogP contribution is 2.47. The number of nitrogens with zero attached hydrogens (tertiary/aromatic N) is 2. The zero-order chi connectivity index (χ0) is 25.8. The van der Waals surface area contributed by atoms with E-state index in [1.165, 1.54) is 43.8 Å². The lowest BCUT2D eigenvalue weighted by atomic mass is 9.67. The Morgan fingerprint density at radius 2 is 1.74 bits per heavy atom. The molecule has 35 heavy (non-hydrogen) atoms. The summed E-state index contributed by atoms with van der Waals surface area (Å²) in [5.74, 6) is -2.19. The van der Waals surface area contributed by atoms with Gasteiger partial charge < -0.3 is 15.4 Å². The molecule has 0 radical (unpaired) electrons. The van der Waals surface area contributed by atoms with Gasteiger partial charge in [0.2, 0.25) is 0 Å². The molecular formula is C26H32F3N3O3. The standard InChI is InChI=1S/C26H32F3N3O3/c1-17(26(27,28)29)18-4-6-19(7-5-18)23(33)32(21-8-9-21)22-10-13-25(14-11-22,24(34)35-3)20(12-15-30)16-31-2/h4-7,12,15-17,21-22H,2,8-11,13-14,30H2,1,3H3/b15-12-,20-16+/t17-,22-,25+/m1/s1. The molecular weight excluding hydrogens is 459 g/mol. The maximum absolute atomic E-state index is 13.4. The summed E-state index contributed by atoms with van der Waals surface area (Å²) in [6, 6.07) is 5.69. The Morgan fingerprint density at radius 1 is 1.17 bits per heavy atom. The van der Waals surface area contributed by atoms with E-state index in [2.05, 4.69) is 11.7 Å². The fourth-order valence-electron chi connectivity index (χ4n) is 4.94. The van der Waals surface area contributed by atoms with Gasteiger partial charge in [0, 0.05) is 23.8 Å². The third-order valence-electron chi connectivity index (χ3n) is 7.16. The van der Waals surface area contributed by atoms with Crippen LogP contribution in [0.5, 0.6) is 0 Å². The number of hydrogen-bond acceptors (Lipinski definition) is 5. The first-order valence-electron chi connectivity index (χ1n) is 11.7. The number of esters is 1. The molecule has 3 rings (SSSR count). The molecule has 2 saturated carbocycles. The number of allylic oxidation sites excluding steroid dienone is 1. The van der Waals surface area contributed by atoms with E-state index in [1.54, 1.807) is 6.08 Å². The van der Waals surface area contributed by atoms with E-state index in [9.17, 15) is 22.8 Å². The zero-order valence-corrected chi connectivity index (χ0v) is 20.1. The van der Waals surface area contributed by atoms with E-state index in [0.717, 1.165) is 19.8 Å². The highest BCUT2D eigenvalue weighted by atomic mass is 19.4. The van der Waals surface area contributed by atoms with Gasteiger partial charge in [-0.2, -0.15) is 13.2 Å². The molecule has 2 N–H and O–H groups in total. The zero-order valence-electron chi connectivity index (χ0n) is 20.1. The summed E-state index contributed by atoms with van der Waals surface area (Å²) in [4.78, 5) is 32.0. The van der Waals surface area contributed by atoms with Crippen molar-refractivity contribution in [3.63, 3.8) is 0 Å². The lowest BCUT2D eigenvalue weighted by molar-refractivity contribution is -0.152. The van der Waals surface area contributed by atoms with Crippen LogP contribution in [-0.2, 0) is 9.53 Å². The van der Waals surface area contributed by atoms with E-state index in [-0.39, 0.29) is 29.5 Å². The number of carbonyl (C=O) groups excluding carboxylic acids is 2. The van der Waals surface area contributed by atoms with Crippen molar-refractivity contribution >= 4 is 18.6 Å². The summed E-state index contributed by atoms with van der Waals surface area (Å²) < 4.78 is 44.3. The Balaban J connectivity index is 1.81. The average Bonchev–Trinajstić information content (AvgIpc) is 3.68. The maximum atomic E-state index is 13.4. The molecule has 1 aromatic rings. The van der Waals surface area contributed by atoms with Crippen molar-refractivity contribution in [1.82, 2.24) is 4.90 Å². The summed E-state index contributed by atoms with van der Waals surface area (Å²) in [6.07, 6.45) is 3.91. The summed E-state index contributed by atoms with van der Waals surface area (Å²) >= 11 is 0. The van der Waals surface area contributed by atoms with Crippen molar-refractivity contribution in [1.29, 1.82) is 0 Å². The first-order valence-corrected chi connectivity index (χ1v) is 11.7. The monoisotopic (exact) mass is 491 g/mol. The Labute approximate surface area is 203 Å². The normalized spacial score (nSPS) is 24.1. The Morgan fingerprint density at radius 3 is 2.20 bits per heavy atom. The SMILES string of the molecule is C=N/C=C(\C=C/N)[C@]1(C(=O)OC)CC[C@@H](N(C(=O)c2ccc([C@@H](C)C(F)(F)F)cc2)C2CC2)CC1. The van der Waals surface area contributed by atoms with Crippen molar-refractivity contribution < 1.29 is 27.5 Å². The van der Waals surface area contributed by atoms with E-state index in [1.807, 2.05) is 4.90 Å². The van der Waals surface area contributed by atoms with E-state index in [4.69, 9.17) is 10.5 Å². The van der Waals surface area contributed by atoms with Crippen molar-refractivity contribution in [2.45, 2.75) is 69.6 Å². The van der Waals surface area contributed by atoms with Crippen LogP contribution in [0.25, 0.3) is 0 Å². The number of ether oxygens (including phenoxy) is 1. The third kappa shape index (κ3) is 5.60. The fourth-order valence-corrected chi connectivity index (χ4v) is 4.94. The van der Waals surface area contributed by atoms with Gasteiger partial charge in [0.1, 0.15) is 0 Å². The molecule has 0 bridgehead atoms. The minimum Gasteiger partial charge on any atom is -0.468 e. The van der Waals surface area contributed by atoms with Crippen molar-refractivity contribution in [2.24, 2.45) is 16.1 Å². The number of alkyl halides is 3. The molecule has 9 heteroatoms. The Hall–Kier alpha value is -3.10. The van der Waals surface area contributed by atoms with Crippen LogP contribution in [0.1, 0.15) is 67.3 Å². The van der Waals surface area contributed by atoms with Crippen LogP contribution in [-0.4, -0.2) is 48.9 Å². The predicted molar refractivity (Wildman–Crippen MR) is 128 cm³/mol. The number of carbonyl (C=O) groups is 2. The molecule has 0 heterocycles. The fraction of sp³-hybridized carbons (Fsp3) is 0.500. The summed E-state index contributed by atoms with van der Waals surface area (Å²) in [6.45, 7) is 4.59. The van der Waals surface area contributed by atoms with Crippen LogP contribution < -0.4 is 5.73 Å². The molecule has 0 aliphatic heterocycles. The number of halogens is 3. The third-order valence-corrected chi connectivity index (χ3v) is 7.16. The smallest absolute Gasteiger partial charge is 0.395 e. The number of nitrogens with two attached hydrogens (primary N) is 1. The highest BCUT2D eigenvalue weighted by molar-refractivity contribution is 5.95. The van der Waals surface area contributed by atoms with Crippen molar-refractivity contribution in [3.05, 3.63) is 59.4 Å². The second-order valence-corrected chi connectivity index (χ2v) is 9.26. The molecule has 1 amide bonds. The van der Waals surface area contributed by atoms with Crippen LogP contribution in [0.15, 0.2) is 53.3 Å². The van der Waals surface area contributed by atoms with E-state index >= 15 is 0 Å². The molecule has 1 aromatic carbocycles. The molecule has 190 valence electrons. The van der Waals surface area contributed by atoms with Crippen LogP contribution in [0.3, 0.4) is 0 Å². The van der Waals surface area contributed by atoms with Gasteiger partial charge >= 0.3 is 12.1 Å². The molecule has 0 saturated heterocycles. The number of amides is 1. The number of methoxy groups -OCH3 is 1. The molecule has 6 nitrogen and oxygen atoms in total. The summed E-state index contributed by atoms with van der Waals surface area (Å²) in [5.41, 5.74) is 5.76. The lowest BCUT2D eigenvalue weighted by Crippen LogP contribution is -2.48. The number of hydrogen-bond donors (Lipinski definition) is 1. The van der Waals surface area contributed by atoms with Gasteiger partial charge in [0.15, 0.2) is 0 Å². The quantitative estimate of drug-likeness (QED) is 0.311. The van der Waals surface area contributed by atoms with Crippen LogP contribution >= 0.6 is 0 Å². The van der Waals surface area contributed by atoms with E-state index < -0.39 is 17.5 Å². The predicted octanol–water partition coefficient (Wildman–Crippen LogP) is 5.12. The van der Waals surface area contributed by atoms with Gasteiger partial charge in [-0.05, 0) is 87.7 Å². The van der Waals surface area contributed by atoms with Crippen molar-refractivity contribution in [2.75, 3.05) is 7.11 Å². The summed E-state index contributed by atoms with van der Waals surface area (Å²) in [5, 5.41) is 0.